The van der Waals surface area contributed by atoms with E-state index in [2.05, 4.69) is 14.7 Å². The summed E-state index contributed by atoms with van der Waals surface area (Å²) in [6.07, 6.45) is 3.69. The first-order valence-electron chi connectivity index (χ1n) is 9.96. The zero-order chi connectivity index (χ0) is 18.5. The summed E-state index contributed by atoms with van der Waals surface area (Å²) in [6.45, 7) is 11.4. The Morgan fingerprint density at radius 3 is 2.38 bits per heavy atom. The number of anilines is 1. The van der Waals surface area contributed by atoms with E-state index in [1.807, 2.05) is 19.1 Å². The van der Waals surface area contributed by atoms with Crippen molar-refractivity contribution in [2.24, 2.45) is 5.92 Å². The summed E-state index contributed by atoms with van der Waals surface area (Å²) in [6, 6.07) is 5.57. The lowest BCUT2D eigenvalue weighted by atomic mass is 9.93. The van der Waals surface area contributed by atoms with Crippen molar-refractivity contribution >= 4 is 11.5 Å². The van der Waals surface area contributed by atoms with Crippen LogP contribution in [-0.2, 0) is 4.79 Å². The Labute approximate surface area is 157 Å². The van der Waals surface area contributed by atoms with Gasteiger partial charge in [-0.1, -0.05) is 6.07 Å². The lowest BCUT2D eigenvalue weighted by molar-refractivity contribution is -0.118. The highest BCUT2D eigenvalue weighted by Crippen LogP contribution is 2.23. The van der Waals surface area contributed by atoms with E-state index in [4.69, 9.17) is 0 Å². The number of benzene rings is 1. The summed E-state index contributed by atoms with van der Waals surface area (Å²) < 4.78 is 13.8. The number of ketones is 1. The quantitative estimate of drug-likeness (QED) is 0.778. The van der Waals surface area contributed by atoms with Gasteiger partial charge in [0.05, 0.1) is 6.54 Å². The number of hydrogen-bond donors (Lipinski definition) is 0. The summed E-state index contributed by atoms with van der Waals surface area (Å²) in [4.78, 5) is 18.3. The monoisotopic (exact) mass is 361 g/mol. The van der Waals surface area contributed by atoms with Crippen LogP contribution in [0.2, 0.25) is 0 Å². The summed E-state index contributed by atoms with van der Waals surface area (Å²) in [5.41, 5.74) is 1.72. The van der Waals surface area contributed by atoms with Gasteiger partial charge in [0.15, 0.2) is 0 Å². The van der Waals surface area contributed by atoms with Crippen molar-refractivity contribution in [1.82, 2.24) is 9.80 Å². The molecule has 0 radical (unpaired) electrons. The standard InChI is InChI=1S/C21H32FN3O/c1-17-3-4-20(15-21(17)22)25-13-11-23(12-14-25)8-5-19-6-9-24(10-7-19)16-18(2)26/h3-4,15,19H,5-14,16H2,1-2H3. The summed E-state index contributed by atoms with van der Waals surface area (Å²) >= 11 is 0. The molecule has 0 aliphatic carbocycles. The molecule has 144 valence electrons. The number of carbonyl (C=O) groups excluding carboxylic acids is 1. The number of nitrogens with zero attached hydrogens (tertiary/aromatic N) is 3. The fourth-order valence-electron chi connectivity index (χ4n) is 4.12. The molecule has 2 saturated heterocycles. The minimum atomic E-state index is -0.110. The number of Topliss-reactive ketones (excluding diaryl/α,β-unsaturated/α-hetero) is 1. The van der Waals surface area contributed by atoms with Crippen LogP contribution in [0.1, 0.15) is 31.7 Å². The largest absolute Gasteiger partial charge is 0.369 e. The van der Waals surface area contributed by atoms with Gasteiger partial charge in [-0.25, -0.2) is 4.39 Å². The maximum absolute atomic E-state index is 13.8. The van der Waals surface area contributed by atoms with Gasteiger partial charge in [0.25, 0.3) is 0 Å². The molecule has 5 heteroatoms. The minimum absolute atomic E-state index is 0.110. The fraction of sp³-hybridized carbons (Fsp3) is 0.667. The number of piperazine rings is 1. The SMILES string of the molecule is CC(=O)CN1CCC(CCN2CCN(c3ccc(C)c(F)c3)CC2)CC1. The predicted molar refractivity (Wildman–Crippen MR) is 104 cm³/mol. The second kappa shape index (κ2) is 8.96. The fourth-order valence-corrected chi connectivity index (χ4v) is 4.12. The van der Waals surface area contributed by atoms with E-state index in [-0.39, 0.29) is 11.6 Å². The first-order valence-corrected chi connectivity index (χ1v) is 9.96. The highest BCUT2D eigenvalue weighted by molar-refractivity contribution is 5.77. The molecule has 2 fully saturated rings. The topological polar surface area (TPSA) is 26.8 Å². The number of aryl methyl sites for hydroxylation is 1. The molecule has 0 aromatic heterocycles. The van der Waals surface area contributed by atoms with Gasteiger partial charge < -0.3 is 4.90 Å². The average Bonchev–Trinajstić information content (AvgIpc) is 2.63. The van der Waals surface area contributed by atoms with E-state index in [0.29, 0.717) is 12.1 Å². The Morgan fingerprint density at radius 1 is 1.08 bits per heavy atom. The molecular formula is C21H32FN3O. The number of halogens is 1. The van der Waals surface area contributed by atoms with Gasteiger partial charge in [-0.05, 0) is 76.4 Å². The van der Waals surface area contributed by atoms with E-state index in [0.717, 1.165) is 57.4 Å². The second-order valence-corrected chi connectivity index (χ2v) is 7.97. The third kappa shape index (κ3) is 5.27. The molecule has 0 atom stereocenters. The highest BCUT2D eigenvalue weighted by atomic mass is 19.1. The molecule has 2 heterocycles. The minimum Gasteiger partial charge on any atom is -0.369 e. The molecule has 4 nitrogen and oxygen atoms in total. The number of hydrogen-bond acceptors (Lipinski definition) is 4. The number of carbonyl (C=O) groups is 1. The Bertz CT molecular complexity index is 605. The molecule has 1 aromatic rings. The lowest BCUT2D eigenvalue weighted by Gasteiger charge is -2.37. The molecule has 0 unspecified atom stereocenters. The Kier molecular flexibility index (Phi) is 6.65. The molecule has 2 aliphatic heterocycles. The van der Waals surface area contributed by atoms with Crippen LogP contribution in [0.3, 0.4) is 0 Å². The van der Waals surface area contributed by atoms with E-state index in [9.17, 15) is 9.18 Å². The number of rotatable bonds is 6. The van der Waals surface area contributed by atoms with Gasteiger partial charge in [-0.3, -0.25) is 14.6 Å². The molecule has 2 aliphatic rings. The maximum atomic E-state index is 13.8. The first kappa shape index (κ1) is 19.3. The van der Waals surface area contributed by atoms with Crippen LogP contribution < -0.4 is 4.90 Å². The summed E-state index contributed by atoms with van der Waals surface area (Å²) in [5.74, 6) is 0.957. The van der Waals surface area contributed by atoms with Gasteiger partial charge in [-0.2, -0.15) is 0 Å². The average molecular weight is 362 g/mol. The summed E-state index contributed by atoms with van der Waals surface area (Å²) in [7, 11) is 0. The third-order valence-corrected chi connectivity index (χ3v) is 5.90. The molecule has 0 bridgehead atoms. The van der Waals surface area contributed by atoms with Crippen LogP contribution in [-0.4, -0.2) is 67.9 Å². The van der Waals surface area contributed by atoms with Crippen LogP contribution in [0.25, 0.3) is 0 Å². The number of piperidine rings is 1. The Morgan fingerprint density at radius 2 is 1.77 bits per heavy atom. The lowest BCUT2D eigenvalue weighted by Crippen LogP contribution is -2.47. The van der Waals surface area contributed by atoms with E-state index in [1.165, 1.54) is 19.3 Å². The molecule has 0 saturated carbocycles. The smallest absolute Gasteiger partial charge is 0.143 e. The molecular weight excluding hydrogens is 329 g/mol. The molecule has 0 spiro atoms. The van der Waals surface area contributed by atoms with Crippen molar-refractivity contribution in [3.8, 4) is 0 Å². The van der Waals surface area contributed by atoms with Gasteiger partial charge in [0.2, 0.25) is 0 Å². The molecule has 0 N–H and O–H groups in total. The van der Waals surface area contributed by atoms with Crippen molar-refractivity contribution in [2.75, 3.05) is 57.3 Å². The van der Waals surface area contributed by atoms with Crippen LogP contribution in [0, 0.1) is 18.7 Å². The van der Waals surface area contributed by atoms with Crippen LogP contribution in [0.15, 0.2) is 18.2 Å². The zero-order valence-corrected chi connectivity index (χ0v) is 16.2. The summed E-state index contributed by atoms with van der Waals surface area (Å²) in [5, 5.41) is 0. The molecule has 26 heavy (non-hydrogen) atoms. The van der Waals surface area contributed by atoms with Gasteiger partial charge in [0, 0.05) is 31.9 Å². The Balaban J connectivity index is 1.37. The van der Waals surface area contributed by atoms with E-state index >= 15 is 0 Å². The maximum Gasteiger partial charge on any atom is 0.143 e. The van der Waals surface area contributed by atoms with Crippen molar-refractivity contribution in [1.29, 1.82) is 0 Å². The van der Waals surface area contributed by atoms with Crippen LogP contribution in [0.4, 0.5) is 10.1 Å². The van der Waals surface area contributed by atoms with Crippen molar-refractivity contribution in [2.45, 2.75) is 33.1 Å². The van der Waals surface area contributed by atoms with Crippen LogP contribution in [0.5, 0.6) is 0 Å². The van der Waals surface area contributed by atoms with E-state index < -0.39 is 0 Å². The van der Waals surface area contributed by atoms with Crippen molar-refractivity contribution in [3.05, 3.63) is 29.6 Å². The van der Waals surface area contributed by atoms with Gasteiger partial charge in [0.1, 0.15) is 11.6 Å². The Hall–Kier alpha value is -1.46. The number of likely N-dealkylation sites (tertiary alicyclic amines) is 1. The van der Waals surface area contributed by atoms with Crippen molar-refractivity contribution in [3.63, 3.8) is 0 Å². The molecule has 0 amide bonds. The normalized spacial score (nSPS) is 20.5. The first-order chi connectivity index (χ1) is 12.5. The van der Waals surface area contributed by atoms with Crippen LogP contribution >= 0.6 is 0 Å². The molecule has 1 aromatic carbocycles. The molecule has 3 rings (SSSR count). The van der Waals surface area contributed by atoms with Gasteiger partial charge >= 0.3 is 0 Å². The van der Waals surface area contributed by atoms with Gasteiger partial charge in [-0.15, -0.1) is 0 Å². The third-order valence-electron chi connectivity index (χ3n) is 5.90. The van der Waals surface area contributed by atoms with E-state index in [1.54, 1.807) is 13.0 Å². The zero-order valence-electron chi connectivity index (χ0n) is 16.2. The predicted octanol–water partition coefficient (Wildman–Crippen LogP) is 2.95. The second-order valence-electron chi connectivity index (χ2n) is 7.97. The highest BCUT2D eigenvalue weighted by Gasteiger charge is 2.22. The van der Waals surface area contributed by atoms with Crippen molar-refractivity contribution < 1.29 is 9.18 Å².